The number of ether oxygens (including phenoxy) is 2. The summed E-state index contributed by atoms with van der Waals surface area (Å²) in [6.45, 7) is 6.88. The van der Waals surface area contributed by atoms with E-state index in [1.165, 1.54) is 0 Å². The minimum absolute atomic E-state index is 0.0391. The van der Waals surface area contributed by atoms with Crippen molar-refractivity contribution in [1.82, 2.24) is 4.98 Å². The second kappa shape index (κ2) is 10.1. The van der Waals surface area contributed by atoms with Gasteiger partial charge in [-0.25, -0.2) is 4.98 Å². The molecule has 2 saturated heterocycles. The molecule has 0 amide bonds. The second-order valence-electron chi connectivity index (χ2n) is 9.16. The van der Waals surface area contributed by atoms with Crippen LogP contribution in [0.4, 0.5) is 11.4 Å². The lowest BCUT2D eigenvalue weighted by molar-refractivity contribution is -0.137. The van der Waals surface area contributed by atoms with Crippen LogP contribution >= 0.6 is 11.6 Å². The second-order valence-corrected chi connectivity index (χ2v) is 9.57. The molecule has 0 bridgehead atoms. The summed E-state index contributed by atoms with van der Waals surface area (Å²) in [7, 11) is 1.60. The summed E-state index contributed by atoms with van der Waals surface area (Å²) in [6, 6.07) is 10.0. The lowest BCUT2D eigenvalue weighted by Crippen LogP contribution is -2.44. The van der Waals surface area contributed by atoms with Crippen molar-refractivity contribution in [3.05, 3.63) is 41.6 Å². The molecule has 8 heteroatoms. The smallest absolute Gasteiger partial charge is 0.305 e. The molecule has 4 atom stereocenters. The highest BCUT2D eigenvalue weighted by atomic mass is 35.5. The van der Waals surface area contributed by atoms with Crippen molar-refractivity contribution in [3.63, 3.8) is 0 Å². The molecule has 3 heterocycles. The van der Waals surface area contributed by atoms with E-state index < -0.39 is 5.97 Å². The Morgan fingerprint density at radius 1 is 1.18 bits per heavy atom. The van der Waals surface area contributed by atoms with E-state index in [4.69, 9.17) is 21.1 Å². The van der Waals surface area contributed by atoms with E-state index in [1.54, 1.807) is 13.3 Å². The van der Waals surface area contributed by atoms with E-state index >= 15 is 0 Å². The van der Waals surface area contributed by atoms with Gasteiger partial charge in [0, 0.05) is 49.8 Å². The van der Waals surface area contributed by atoms with Gasteiger partial charge in [-0.2, -0.15) is 0 Å². The Kier molecular flexibility index (Phi) is 7.17. The number of piperidine rings is 1. The van der Waals surface area contributed by atoms with Gasteiger partial charge in [-0.3, -0.25) is 4.79 Å². The van der Waals surface area contributed by atoms with Crippen LogP contribution in [0.3, 0.4) is 0 Å². The van der Waals surface area contributed by atoms with E-state index in [0.717, 1.165) is 49.6 Å². The van der Waals surface area contributed by atoms with Crippen LogP contribution in [-0.4, -0.2) is 54.9 Å². The number of nitrogens with zero attached hydrogens (tertiary/aromatic N) is 3. The van der Waals surface area contributed by atoms with Crippen molar-refractivity contribution >= 4 is 28.9 Å². The SMILES string of the molecule is COc1cc(N2CCC(Oc3ccc(N4CC[C@@H](C)[C@@H]4CC(=O)O)cc3)C(C)C2)c(Cl)cn1. The number of carboxylic acids is 1. The van der Waals surface area contributed by atoms with Gasteiger partial charge in [-0.05, 0) is 36.6 Å². The topological polar surface area (TPSA) is 75.1 Å². The van der Waals surface area contributed by atoms with Crippen LogP contribution in [0.25, 0.3) is 0 Å². The number of rotatable bonds is 7. The number of halogens is 1. The van der Waals surface area contributed by atoms with Crippen molar-refractivity contribution in [2.45, 2.75) is 45.3 Å². The van der Waals surface area contributed by atoms with Gasteiger partial charge in [-0.1, -0.05) is 25.4 Å². The molecule has 1 aromatic heterocycles. The number of aliphatic carboxylic acids is 1. The van der Waals surface area contributed by atoms with Gasteiger partial charge in [0.05, 0.1) is 30.4 Å². The largest absolute Gasteiger partial charge is 0.490 e. The molecule has 2 aliphatic rings. The summed E-state index contributed by atoms with van der Waals surface area (Å²) in [5.41, 5.74) is 2.00. The number of pyridine rings is 1. The number of methoxy groups -OCH3 is 1. The predicted octanol–water partition coefficient (Wildman–Crippen LogP) is 4.73. The Bertz CT molecular complexity index is 971. The number of hydrogen-bond donors (Lipinski definition) is 1. The molecule has 2 aliphatic heterocycles. The molecule has 0 radical (unpaired) electrons. The van der Waals surface area contributed by atoms with Gasteiger partial charge < -0.3 is 24.4 Å². The number of anilines is 2. The minimum atomic E-state index is -0.745. The van der Waals surface area contributed by atoms with Crippen LogP contribution in [0.15, 0.2) is 36.5 Å². The van der Waals surface area contributed by atoms with Crippen molar-refractivity contribution in [2.24, 2.45) is 11.8 Å². The quantitative estimate of drug-likeness (QED) is 0.623. The molecule has 2 unspecified atom stereocenters. The van der Waals surface area contributed by atoms with E-state index in [-0.39, 0.29) is 18.6 Å². The molecule has 0 saturated carbocycles. The van der Waals surface area contributed by atoms with Crippen LogP contribution < -0.4 is 19.3 Å². The highest BCUT2D eigenvalue weighted by Gasteiger charge is 2.33. The third-order valence-electron chi connectivity index (χ3n) is 6.91. The van der Waals surface area contributed by atoms with Gasteiger partial charge in [0.1, 0.15) is 11.9 Å². The van der Waals surface area contributed by atoms with Crippen LogP contribution in [0.5, 0.6) is 11.6 Å². The average molecular weight is 474 g/mol. The molecule has 0 spiro atoms. The monoisotopic (exact) mass is 473 g/mol. The van der Waals surface area contributed by atoms with Crippen molar-refractivity contribution in [2.75, 3.05) is 36.5 Å². The highest BCUT2D eigenvalue weighted by Crippen LogP contribution is 2.35. The molecule has 33 heavy (non-hydrogen) atoms. The molecule has 4 rings (SSSR count). The molecular weight excluding hydrogens is 442 g/mol. The van der Waals surface area contributed by atoms with E-state index in [2.05, 4.69) is 28.6 Å². The molecule has 1 N–H and O–H groups in total. The third kappa shape index (κ3) is 5.29. The Morgan fingerprint density at radius 3 is 2.61 bits per heavy atom. The van der Waals surface area contributed by atoms with Crippen molar-refractivity contribution in [1.29, 1.82) is 0 Å². The Balaban J connectivity index is 1.38. The molecule has 0 aliphatic carbocycles. The van der Waals surface area contributed by atoms with Crippen LogP contribution in [0.1, 0.15) is 33.1 Å². The fourth-order valence-electron chi connectivity index (χ4n) is 4.99. The summed E-state index contributed by atoms with van der Waals surface area (Å²) in [5, 5.41) is 9.89. The Labute approximate surface area is 200 Å². The van der Waals surface area contributed by atoms with Gasteiger partial charge in [0.15, 0.2) is 0 Å². The molecule has 178 valence electrons. The molecule has 2 aromatic rings. The average Bonchev–Trinajstić information content (AvgIpc) is 3.15. The molecule has 1 aromatic carbocycles. The molecular formula is C25H32ClN3O4. The molecule has 2 fully saturated rings. The first kappa shape index (κ1) is 23.5. The van der Waals surface area contributed by atoms with Crippen LogP contribution in [0, 0.1) is 11.8 Å². The summed E-state index contributed by atoms with van der Waals surface area (Å²) in [4.78, 5) is 19.9. The molecule has 7 nitrogen and oxygen atoms in total. The summed E-state index contributed by atoms with van der Waals surface area (Å²) in [6.07, 6.45) is 3.81. The first-order valence-electron chi connectivity index (χ1n) is 11.6. The maximum atomic E-state index is 11.3. The number of hydrogen-bond acceptors (Lipinski definition) is 6. The number of carbonyl (C=O) groups is 1. The van der Waals surface area contributed by atoms with Crippen LogP contribution in [-0.2, 0) is 4.79 Å². The highest BCUT2D eigenvalue weighted by molar-refractivity contribution is 6.33. The maximum Gasteiger partial charge on any atom is 0.305 e. The Morgan fingerprint density at radius 2 is 1.94 bits per heavy atom. The fourth-order valence-corrected chi connectivity index (χ4v) is 5.21. The fraction of sp³-hybridized carbons (Fsp3) is 0.520. The van der Waals surface area contributed by atoms with E-state index in [0.29, 0.717) is 22.7 Å². The summed E-state index contributed by atoms with van der Waals surface area (Å²) >= 11 is 6.39. The van der Waals surface area contributed by atoms with Crippen molar-refractivity contribution < 1.29 is 19.4 Å². The van der Waals surface area contributed by atoms with Gasteiger partial charge >= 0.3 is 5.97 Å². The van der Waals surface area contributed by atoms with Gasteiger partial charge in [0.2, 0.25) is 5.88 Å². The first-order valence-corrected chi connectivity index (χ1v) is 11.9. The third-order valence-corrected chi connectivity index (χ3v) is 7.20. The summed E-state index contributed by atoms with van der Waals surface area (Å²) < 4.78 is 11.6. The van der Waals surface area contributed by atoms with Gasteiger partial charge in [-0.15, -0.1) is 0 Å². The zero-order valence-corrected chi connectivity index (χ0v) is 20.2. The standard InChI is InChI=1S/C25H32ClN3O4/c1-16-8-11-29(21(16)13-25(30)31)18-4-6-19(7-5-18)33-23-9-10-28(15-17(23)2)22-12-24(32-3)27-14-20(22)26/h4-7,12,14,16-17,21,23H,8-11,13,15H2,1-3H3,(H,30,31)/t16-,17?,21+,23?/m1/s1. The minimum Gasteiger partial charge on any atom is -0.490 e. The Hall–Kier alpha value is -2.67. The van der Waals surface area contributed by atoms with Crippen LogP contribution in [0.2, 0.25) is 5.02 Å². The van der Waals surface area contributed by atoms with Crippen molar-refractivity contribution in [3.8, 4) is 11.6 Å². The summed E-state index contributed by atoms with van der Waals surface area (Å²) in [5.74, 6) is 1.34. The van der Waals surface area contributed by atoms with E-state index in [9.17, 15) is 9.90 Å². The zero-order chi connectivity index (χ0) is 23.5. The number of aromatic nitrogens is 1. The number of carboxylic acid groups (broad SMARTS) is 1. The normalized spacial score (nSPS) is 25.2. The van der Waals surface area contributed by atoms with E-state index in [1.807, 2.05) is 30.3 Å². The zero-order valence-electron chi connectivity index (χ0n) is 19.4. The van der Waals surface area contributed by atoms with Gasteiger partial charge in [0.25, 0.3) is 0 Å². The maximum absolute atomic E-state index is 11.3. The lowest BCUT2D eigenvalue weighted by Gasteiger charge is -2.38. The first-order chi connectivity index (χ1) is 15.9. The number of benzene rings is 1. The predicted molar refractivity (Wildman–Crippen MR) is 130 cm³/mol. The lowest BCUT2D eigenvalue weighted by atomic mass is 9.96.